The van der Waals surface area contributed by atoms with Crippen molar-refractivity contribution in [2.75, 3.05) is 0 Å². The van der Waals surface area contributed by atoms with Gasteiger partial charge in [-0.15, -0.1) is 0 Å². The van der Waals surface area contributed by atoms with Gasteiger partial charge in [-0.3, -0.25) is 0 Å². The molecule has 0 bridgehead atoms. The van der Waals surface area contributed by atoms with E-state index >= 15 is 0 Å². The number of hydrogen-bond donors (Lipinski definition) is 1. The van der Waals surface area contributed by atoms with E-state index in [1.54, 1.807) is 0 Å². The molecule has 1 unspecified atom stereocenters. The van der Waals surface area contributed by atoms with Gasteiger partial charge >= 0.3 is 0 Å². The van der Waals surface area contributed by atoms with E-state index in [9.17, 15) is 0 Å². The highest BCUT2D eigenvalue weighted by atomic mass is 16.5. The molecule has 0 aromatic rings. The zero-order valence-corrected chi connectivity index (χ0v) is 9.18. The minimum Gasteiger partial charge on any atom is -0.358 e. The molecule has 0 radical (unpaired) electrons. The molecule has 0 aromatic carbocycles. The van der Waals surface area contributed by atoms with Crippen LogP contribution in [0.5, 0.6) is 0 Å². The fourth-order valence-electron chi connectivity index (χ4n) is 1.97. The van der Waals surface area contributed by atoms with Crippen LogP contribution in [-0.2, 0) is 4.74 Å². The number of ether oxygens (including phenoxy) is 1. The van der Waals surface area contributed by atoms with E-state index in [1.807, 2.05) is 0 Å². The predicted octanol–water partition coefficient (Wildman–Crippen LogP) is 2.67. The minimum absolute atomic E-state index is 0.0553. The van der Waals surface area contributed by atoms with Crippen LogP contribution in [0.4, 0.5) is 0 Å². The summed E-state index contributed by atoms with van der Waals surface area (Å²) in [5.41, 5.74) is 5.91. The van der Waals surface area contributed by atoms with Crippen LogP contribution in [0.1, 0.15) is 52.9 Å². The Morgan fingerprint density at radius 1 is 1.15 bits per heavy atom. The Balaban J connectivity index is 2.33. The second-order valence-electron chi connectivity index (χ2n) is 5.09. The van der Waals surface area contributed by atoms with Gasteiger partial charge in [-0.25, -0.2) is 0 Å². The first-order chi connectivity index (χ1) is 5.99. The Kier molecular flexibility index (Phi) is 3.74. The summed E-state index contributed by atoms with van der Waals surface area (Å²) in [5, 5.41) is 0. The van der Waals surface area contributed by atoms with Crippen molar-refractivity contribution in [3.05, 3.63) is 0 Å². The van der Waals surface area contributed by atoms with Crippen LogP contribution in [0, 0.1) is 5.92 Å². The summed E-state index contributed by atoms with van der Waals surface area (Å²) in [7, 11) is 0. The molecule has 1 aliphatic rings. The monoisotopic (exact) mass is 185 g/mol. The SMILES string of the molecule is CC(C)(C)OC(N)C1CCCCC1. The van der Waals surface area contributed by atoms with Crippen molar-refractivity contribution in [1.29, 1.82) is 0 Å². The highest BCUT2D eigenvalue weighted by Crippen LogP contribution is 2.27. The van der Waals surface area contributed by atoms with Crippen LogP contribution >= 0.6 is 0 Å². The van der Waals surface area contributed by atoms with Gasteiger partial charge in [0.15, 0.2) is 0 Å². The van der Waals surface area contributed by atoms with Crippen LogP contribution in [-0.4, -0.2) is 11.8 Å². The first kappa shape index (κ1) is 11.0. The normalized spacial score (nSPS) is 23.1. The average molecular weight is 185 g/mol. The lowest BCUT2D eigenvalue weighted by Gasteiger charge is -2.32. The smallest absolute Gasteiger partial charge is 0.109 e. The highest BCUT2D eigenvalue weighted by Gasteiger charge is 2.24. The van der Waals surface area contributed by atoms with Gasteiger partial charge in [0.2, 0.25) is 0 Å². The maximum absolute atomic E-state index is 6.01. The Morgan fingerprint density at radius 2 is 1.69 bits per heavy atom. The lowest BCUT2D eigenvalue weighted by atomic mass is 9.88. The molecule has 0 saturated heterocycles. The molecule has 1 fully saturated rings. The Bertz CT molecular complexity index is 145. The Hall–Kier alpha value is -0.0800. The summed E-state index contributed by atoms with van der Waals surface area (Å²) in [5.74, 6) is 0.591. The topological polar surface area (TPSA) is 35.2 Å². The Morgan fingerprint density at radius 3 is 2.15 bits per heavy atom. The zero-order chi connectivity index (χ0) is 9.90. The molecule has 1 atom stereocenters. The molecule has 0 heterocycles. The third kappa shape index (κ3) is 4.10. The summed E-state index contributed by atoms with van der Waals surface area (Å²) in [6, 6.07) is 0. The van der Waals surface area contributed by atoms with Crippen LogP contribution in [0.2, 0.25) is 0 Å². The second kappa shape index (κ2) is 4.43. The molecule has 2 nitrogen and oxygen atoms in total. The van der Waals surface area contributed by atoms with Crippen molar-refractivity contribution in [1.82, 2.24) is 0 Å². The highest BCUT2D eigenvalue weighted by molar-refractivity contribution is 4.73. The van der Waals surface area contributed by atoms with Crippen LogP contribution in [0.25, 0.3) is 0 Å². The van der Waals surface area contributed by atoms with Crippen LogP contribution in [0.3, 0.4) is 0 Å². The maximum Gasteiger partial charge on any atom is 0.109 e. The van der Waals surface area contributed by atoms with Crippen molar-refractivity contribution in [3.63, 3.8) is 0 Å². The van der Waals surface area contributed by atoms with Crippen LogP contribution in [0.15, 0.2) is 0 Å². The van der Waals surface area contributed by atoms with Gasteiger partial charge in [0.25, 0.3) is 0 Å². The third-order valence-electron chi connectivity index (χ3n) is 2.60. The summed E-state index contributed by atoms with van der Waals surface area (Å²) < 4.78 is 5.75. The van der Waals surface area contributed by atoms with Gasteiger partial charge in [0.05, 0.1) is 5.60 Å². The largest absolute Gasteiger partial charge is 0.358 e. The van der Waals surface area contributed by atoms with E-state index in [1.165, 1.54) is 32.1 Å². The maximum atomic E-state index is 6.01. The van der Waals surface area contributed by atoms with Crippen LogP contribution < -0.4 is 5.73 Å². The molecule has 1 saturated carbocycles. The van der Waals surface area contributed by atoms with E-state index in [2.05, 4.69) is 20.8 Å². The van der Waals surface area contributed by atoms with E-state index in [0.717, 1.165) is 0 Å². The quantitative estimate of drug-likeness (QED) is 0.671. The van der Waals surface area contributed by atoms with Crippen molar-refractivity contribution < 1.29 is 4.74 Å². The van der Waals surface area contributed by atoms with Gasteiger partial charge in [-0.2, -0.15) is 0 Å². The zero-order valence-electron chi connectivity index (χ0n) is 9.18. The molecule has 13 heavy (non-hydrogen) atoms. The van der Waals surface area contributed by atoms with Crippen molar-refractivity contribution in [3.8, 4) is 0 Å². The first-order valence-electron chi connectivity index (χ1n) is 5.42. The Labute approximate surface area is 81.8 Å². The molecule has 78 valence electrons. The van der Waals surface area contributed by atoms with Crippen molar-refractivity contribution >= 4 is 0 Å². The summed E-state index contributed by atoms with van der Waals surface area (Å²) >= 11 is 0. The summed E-state index contributed by atoms with van der Waals surface area (Å²) in [6.45, 7) is 6.20. The molecule has 0 aliphatic heterocycles. The molecule has 2 heteroatoms. The van der Waals surface area contributed by atoms with Gasteiger partial charge in [0.1, 0.15) is 6.23 Å². The van der Waals surface area contributed by atoms with Gasteiger partial charge in [-0.05, 0) is 39.5 Å². The molecule has 1 aliphatic carbocycles. The van der Waals surface area contributed by atoms with Crippen molar-refractivity contribution in [2.24, 2.45) is 11.7 Å². The molecule has 0 amide bonds. The van der Waals surface area contributed by atoms with Gasteiger partial charge in [-0.1, -0.05) is 19.3 Å². The molecule has 0 aromatic heterocycles. The third-order valence-corrected chi connectivity index (χ3v) is 2.60. The predicted molar refractivity (Wildman–Crippen MR) is 55.4 cm³/mol. The molecular formula is C11H23NO. The lowest BCUT2D eigenvalue weighted by Crippen LogP contribution is -2.40. The fraction of sp³-hybridized carbons (Fsp3) is 1.00. The summed E-state index contributed by atoms with van der Waals surface area (Å²) in [6.07, 6.45) is 6.46. The van der Waals surface area contributed by atoms with E-state index < -0.39 is 0 Å². The number of hydrogen-bond acceptors (Lipinski definition) is 2. The minimum atomic E-state index is -0.100. The summed E-state index contributed by atoms with van der Waals surface area (Å²) in [4.78, 5) is 0. The molecule has 0 spiro atoms. The molecule has 2 N–H and O–H groups in total. The van der Waals surface area contributed by atoms with E-state index in [4.69, 9.17) is 10.5 Å². The number of nitrogens with two attached hydrogens (primary N) is 1. The number of rotatable bonds is 2. The average Bonchev–Trinajstić information content (AvgIpc) is 2.03. The standard InChI is InChI=1S/C11H23NO/c1-11(2,3)13-10(12)9-7-5-4-6-8-9/h9-10H,4-8,12H2,1-3H3. The van der Waals surface area contributed by atoms with Gasteiger partial charge in [0, 0.05) is 0 Å². The first-order valence-corrected chi connectivity index (χ1v) is 5.42. The lowest BCUT2D eigenvalue weighted by molar-refractivity contribution is -0.0877. The van der Waals surface area contributed by atoms with Crippen molar-refractivity contribution in [2.45, 2.75) is 64.7 Å². The molecule has 1 rings (SSSR count). The molecular weight excluding hydrogens is 162 g/mol. The van der Waals surface area contributed by atoms with E-state index in [-0.39, 0.29) is 11.8 Å². The van der Waals surface area contributed by atoms with Gasteiger partial charge < -0.3 is 10.5 Å². The van der Waals surface area contributed by atoms with E-state index in [0.29, 0.717) is 5.92 Å². The second-order valence-corrected chi connectivity index (χ2v) is 5.09. The fourth-order valence-corrected chi connectivity index (χ4v) is 1.97.